The normalized spacial score (nSPS) is 9.94. The summed E-state index contributed by atoms with van der Waals surface area (Å²) in [6.45, 7) is 0.291. The maximum Gasteiger partial charge on any atom is 0.203 e. The summed E-state index contributed by atoms with van der Waals surface area (Å²) in [7, 11) is 0. The molecule has 2 rings (SSSR count). The van der Waals surface area contributed by atoms with Gasteiger partial charge in [-0.25, -0.2) is 4.39 Å². The first kappa shape index (κ1) is 11.5. The summed E-state index contributed by atoms with van der Waals surface area (Å²) < 4.78 is 18.5. The summed E-state index contributed by atoms with van der Waals surface area (Å²) in [5.74, 6) is 0.399. The lowest BCUT2D eigenvalue weighted by atomic mass is 10.3. The molecule has 0 fully saturated rings. The number of hydrogen-bond acceptors (Lipinski definition) is 3. The van der Waals surface area contributed by atoms with E-state index < -0.39 is 0 Å². The summed E-state index contributed by atoms with van der Waals surface area (Å²) in [4.78, 5) is 0. The van der Waals surface area contributed by atoms with Crippen LogP contribution in [0.2, 0.25) is 5.02 Å². The molecular weight excluding hydrogens is 243 g/mol. The third-order valence-corrected chi connectivity index (χ3v) is 2.39. The van der Waals surface area contributed by atoms with Crippen LogP contribution in [0.3, 0.4) is 0 Å². The number of nitrogens with one attached hydrogen (secondary N) is 1. The van der Waals surface area contributed by atoms with Crippen LogP contribution in [0.4, 0.5) is 10.1 Å². The number of furan rings is 1. The molecule has 2 aromatic rings. The molecule has 86 valence electrons. The maximum absolute atomic E-state index is 13.3. The fourth-order valence-corrected chi connectivity index (χ4v) is 1.52. The van der Waals surface area contributed by atoms with Crippen LogP contribution in [-0.2, 0) is 6.54 Å². The van der Waals surface area contributed by atoms with Crippen molar-refractivity contribution in [3.8, 4) is 6.07 Å². The van der Waals surface area contributed by atoms with Gasteiger partial charge < -0.3 is 9.73 Å². The van der Waals surface area contributed by atoms with Crippen LogP contribution in [0.15, 0.2) is 34.7 Å². The maximum atomic E-state index is 13.3. The zero-order chi connectivity index (χ0) is 12.3. The van der Waals surface area contributed by atoms with Crippen molar-refractivity contribution in [2.45, 2.75) is 6.54 Å². The van der Waals surface area contributed by atoms with Crippen molar-refractivity contribution >= 4 is 17.3 Å². The topological polar surface area (TPSA) is 49.0 Å². The Morgan fingerprint density at radius 3 is 2.88 bits per heavy atom. The molecule has 0 saturated heterocycles. The molecule has 0 saturated carbocycles. The molecule has 1 heterocycles. The van der Waals surface area contributed by atoms with Crippen molar-refractivity contribution in [3.63, 3.8) is 0 Å². The quantitative estimate of drug-likeness (QED) is 0.906. The predicted octanol–water partition coefficient (Wildman–Crippen LogP) is 3.56. The highest BCUT2D eigenvalue weighted by Gasteiger charge is 2.05. The summed E-state index contributed by atoms with van der Waals surface area (Å²) in [5, 5.41) is 11.9. The van der Waals surface area contributed by atoms with Crippen molar-refractivity contribution in [3.05, 3.63) is 52.7 Å². The van der Waals surface area contributed by atoms with Crippen LogP contribution in [0.5, 0.6) is 0 Å². The molecule has 1 aromatic heterocycles. The number of hydrogen-bond donors (Lipinski definition) is 1. The Bertz CT molecular complexity index is 574. The van der Waals surface area contributed by atoms with E-state index in [-0.39, 0.29) is 11.6 Å². The largest absolute Gasteiger partial charge is 0.449 e. The van der Waals surface area contributed by atoms with Gasteiger partial charge in [0.2, 0.25) is 5.76 Å². The van der Waals surface area contributed by atoms with Crippen LogP contribution in [0, 0.1) is 17.1 Å². The molecule has 0 aliphatic carbocycles. The van der Waals surface area contributed by atoms with Crippen LogP contribution < -0.4 is 5.32 Å². The lowest BCUT2D eigenvalue weighted by Crippen LogP contribution is -2.00. The molecule has 0 unspecified atom stereocenters. The van der Waals surface area contributed by atoms with Crippen LogP contribution in [-0.4, -0.2) is 0 Å². The van der Waals surface area contributed by atoms with Crippen LogP contribution >= 0.6 is 11.6 Å². The van der Waals surface area contributed by atoms with Crippen molar-refractivity contribution < 1.29 is 8.81 Å². The third-order valence-electron chi connectivity index (χ3n) is 2.15. The minimum absolute atomic E-state index is 0.230. The van der Waals surface area contributed by atoms with Gasteiger partial charge in [0.05, 0.1) is 12.2 Å². The first-order valence-electron chi connectivity index (χ1n) is 4.87. The molecule has 0 bridgehead atoms. The van der Waals surface area contributed by atoms with Gasteiger partial charge in [0.25, 0.3) is 0 Å². The molecule has 1 aromatic carbocycles. The number of rotatable bonds is 3. The van der Waals surface area contributed by atoms with Gasteiger partial charge >= 0.3 is 0 Å². The highest BCUT2D eigenvalue weighted by Crippen LogP contribution is 2.20. The first-order valence-corrected chi connectivity index (χ1v) is 5.24. The molecule has 5 heteroatoms. The lowest BCUT2D eigenvalue weighted by Gasteiger charge is -2.05. The minimum Gasteiger partial charge on any atom is -0.449 e. The van der Waals surface area contributed by atoms with Gasteiger partial charge in [-0.2, -0.15) is 5.26 Å². The Hall–Kier alpha value is -1.99. The second kappa shape index (κ2) is 4.89. The number of benzene rings is 1. The SMILES string of the molecule is N#Cc1ccc(CNc2cc(Cl)ccc2F)o1. The monoisotopic (exact) mass is 250 g/mol. The third kappa shape index (κ3) is 2.77. The van der Waals surface area contributed by atoms with E-state index in [0.29, 0.717) is 23.0 Å². The molecule has 0 spiro atoms. The highest BCUT2D eigenvalue weighted by molar-refractivity contribution is 6.30. The van der Waals surface area contributed by atoms with Gasteiger partial charge in [-0.05, 0) is 30.3 Å². The number of nitrogens with zero attached hydrogens (tertiary/aromatic N) is 1. The average molecular weight is 251 g/mol. The minimum atomic E-state index is -0.388. The molecule has 17 heavy (non-hydrogen) atoms. The molecule has 0 atom stereocenters. The van der Waals surface area contributed by atoms with Gasteiger partial charge in [-0.1, -0.05) is 11.6 Å². The summed E-state index contributed by atoms with van der Waals surface area (Å²) in [6.07, 6.45) is 0. The van der Waals surface area contributed by atoms with Gasteiger partial charge in [-0.15, -0.1) is 0 Å². The standard InChI is InChI=1S/C12H8ClFN2O/c13-8-1-4-11(14)12(5-8)16-7-10-3-2-9(6-15)17-10/h1-5,16H,7H2. The van der Waals surface area contributed by atoms with Gasteiger partial charge in [0, 0.05) is 5.02 Å². The van der Waals surface area contributed by atoms with Crippen LogP contribution in [0.1, 0.15) is 11.5 Å². The molecule has 3 nitrogen and oxygen atoms in total. The molecular formula is C12H8ClFN2O. The number of halogens is 2. The van der Waals surface area contributed by atoms with Gasteiger partial charge in [-0.3, -0.25) is 0 Å². The van der Waals surface area contributed by atoms with E-state index in [1.165, 1.54) is 18.2 Å². The Balaban J connectivity index is 2.07. The van der Waals surface area contributed by atoms with Crippen molar-refractivity contribution in [1.29, 1.82) is 5.26 Å². The summed E-state index contributed by atoms with van der Waals surface area (Å²) >= 11 is 5.75. The van der Waals surface area contributed by atoms with E-state index in [9.17, 15) is 4.39 Å². The second-order valence-corrected chi connectivity index (χ2v) is 3.79. The average Bonchev–Trinajstić information content (AvgIpc) is 2.78. The van der Waals surface area contributed by atoms with E-state index >= 15 is 0 Å². The fourth-order valence-electron chi connectivity index (χ4n) is 1.35. The van der Waals surface area contributed by atoms with Gasteiger partial charge in [0.15, 0.2) is 0 Å². The highest BCUT2D eigenvalue weighted by atomic mass is 35.5. The Morgan fingerprint density at radius 2 is 2.18 bits per heavy atom. The van der Waals surface area contributed by atoms with Crippen LogP contribution in [0.25, 0.3) is 0 Å². The van der Waals surface area contributed by atoms with E-state index in [1.807, 2.05) is 6.07 Å². The summed E-state index contributed by atoms with van der Waals surface area (Å²) in [5.41, 5.74) is 0.299. The zero-order valence-corrected chi connectivity index (χ0v) is 9.46. The van der Waals surface area contributed by atoms with E-state index in [2.05, 4.69) is 5.32 Å². The fraction of sp³-hybridized carbons (Fsp3) is 0.0833. The Kier molecular flexibility index (Phi) is 3.31. The van der Waals surface area contributed by atoms with Gasteiger partial charge in [0.1, 0.15) is 17.6 Å². The van der Waals surface area contributed by atoms with Crippen molar-refractivity contribution in [2.24, 2.45) is 0 Å². The van der Waals surface area contributed by atoms with E-state index in [4.69, 9.17) is 21.3 Å². The second-order valence-electron chi connectivity index (χ2n) is 3.36. The number of anilines is 1. The molecule has 0 radical (unpaired) electrons. The molecule has 0 amide bonds. The predicted molar refractivity (Wildman–Crippen MR) is 62.2 cm³/mol. The molecule has 0 aliphatic rings. The first-order chi connectivity index (χ1) is 8.19. The lowest BCUT2D eigenvalue weighted by molar-refractivity contribution is 0.505. The molecule has 0 aliphatic heterocycles. The van der Waals surface area contributed by atoms with E-state index in [1.54, 1.807) is 12.1 Å². The molecule has 1 N–H and O–H groups in total. The zero-order valence-electron chi connectivity index (χ0n) is 8.71. The number of nitriles is 1. The Morgan fingerprint density at radius 1 is 1.35 bits per heavy atom. The van der Waals surface area contributed by atoms with Crippen molar-refractivity contribution in [2.75, 3.05) is 5.32 Å². The Labute approximate surface area is 102 Å². The van der Waals surface area contributed by atoms with E-state index in [0.717, 1.165) is 0 Å². The summed E-state index contributed by atoms with van der Waals surface area (Å²) in [6, 6.07) is 9.35. The smallest absolute Gasteiger partial charge is 0.203 e. The van der Waals surface area contributed by atoms with Crippen molar-refractivity contribution in [1.82, 2.24) is 0 Å².